The molecule has 0 radical (unpaired) electrons. The first-order valence-electron chi connectivity index (χ1n) is 10.7. The molecule has 0 aliphatic heterocycles. The van der Waals surface area contributed by atoms with Crippen molar-refractivity contribution in [1.29, 1.82) is 0 Å². The topological polar surface area (TPSA) is 56.2 Å². The van der Waals surface area contributed by atoms with E-state index < -0.39 is 0 Å². The molecule has 0 saturated heterocycles. The Kier molecular flexibility index (Phi) is 8.11. The van der Waals surface area contributed by atoms with Crippen molar-refractivity contribution in [3.63, 3.8) is 0 Å². The highest BCUT2D eigenvalue weighted by Gasteiger charge is 2.09. The van der Waals surface area contributed by atoms with Gasteiger partial charge in [0.25, 0.3) is 5.91 Å². The zero-order valence-corrected chi connectivity index (χ0v) is 17.3. The van der Waals surface area contributed by atoms with Crippen LogP contribution >= 0.6 is 0 Å². The standard InChI is InChI=1S/C24H31N3O2/c1-2-3-18-27-22-15-10-9-14-21(22)26-23(27)16-8-5-11-17-25-24(28)19-29-20-12-6-4-7-13-20/h4,6-7,9-10,12-15H,2-3,5,8,11,16-19H2,1H3,(H,25,28). The number of ether oxygens (including phenoxy) is 1. The molecule has 0 unspecified atom stereocenters. The van der Waals surface area contributed by atoms with Crippen LogP contribution in [0.25, 0.3) is 11.0 Å². The van der Waals surface area contributed by atoms with E-state index in [9.17, 15) is 4.79 Å². The summed E-state index contributed by atoms with van der Waals surface area (Å²) in [4.78, 5) is 16.7. The van der Waals surface area contributed by atoms with Crippen LogP contribution in [-0.2, 0) is 17.8 Å². The van der Waals surface area contributed by atoms with Crippen molar-refractivity contribution in [3.05, 3.63) is 60.4 Å². The second kappa shape index (κ2) is 11.2. The number of aryl methyl sites for hydroxylation is 2. The van der Waals surface area contributed by atoms with Crippen molar-refractivity contribution in [2.24, 2.45) is 0 Å². The lowest BCUT2D eigenvalue weighted by Gasteiger charge is -2.09. The molecule has 1 amide bonds. The predicted octanol–water partition coefficient (Wildman–Crippen LogP) is 4.74. The van der Waals surface area contributed by atoms with Gasteiger partial charge in [-0.2, -0.15) is 0 Å². The Hall–Kier alpha value is -2.82. The third-order valence-electron chi connectivity index (χ3n) is 4.98. The normalized spacial score (nSPS) is 10.9. The zero-order chi connectivity index (χ0) is 20.3. The predicted molar refractivity (Wildman–Crippen MR) is 117 cm³/mol. The number of amides is 1. The third kappa shape index (κ3) is 6.34. The first-order chi connectivity index (χ1) is 14.3. The number of benzene rings is 2. The molecule has 3 aromatic rings. The van der Waals surface area contributed by atoms with Crippen LogP contribution in [0.15, 0.2) is 54.6 Å². The maximum absolute atomic E-state index is 11.9. The fraction of sp³-hybridized carbons (Fsp3) is 0.417. The number of hydrogen-bond acceptors (Lipinski definition) is 3. The zero-order valence-electron chi connectivity index (χ0n) is 17.3. The molecule has 29 heavy (non-hydrogen) atoms. The number of rotatable bonds is 12. The van der Waals surface area contributed by atoms with Gasteiger partial charge in [-0.3, -0.25) is 4.79 Å². The van der Waals surface area contributed by atoms with Crippen LogP contribution in [0.5, 0.6) is 5.75 Å². The molecule has 5 nitrogen and oxygen atoms in total. The van der Waals surface area contributed by atoms with Gasteiger partial charge < -0.3 is 14.6 Å². The van der Waals surface area contributed by atoms with E-state index in [1.807, 2.05) is 36.4 Å². The van der Waals surface area contributed by atoms with E-state index in [2.05, 4.69) is 35.0 Å². The monoisotopic (exact) mass is 393 g/mol. The Morgan fingerprint density at radius 3 is 2.62 bits per heavy atom. The largest absolute Gasteiger partial charge is 0.484 e. The van der Waals surface area contributed by atoms with E-state index in [0.717, 1.165) is 37.7 Å². The summed E-state index contributed by atoms with van der Waals surface area (Å²) in [5.41, 5.74) is 2.32. The van der Waals surface area contributed by atoms with Crippen LogP contribution in [-0.4, -0.2) is 28.6 Å². The third-order valence-corrected chi connectivity index (χ3v) is 4.98. The summed E-state index contributed by atoms with van der Waals surface area (Å²) in [6.45, 7) is 4.00. The van der Waals surface area contributed by atoms with Crippen LogP contribution in [0, 0.1) is 0 Å². The van der Waals surface area contributed by atoms with Crippen molar-refractivity contribution in [3.8, 4) is 5.75 Å². The summed E-state index contributed by atoms with van der Waals surface area (Å²) >= 11 is 0. The molecule has 0 bridgehead atoms. The fourth-order valence-corrected chi connectivity index (χ4v) is 3.41. The van der Waals surface area contributed by atoms with Crippen LogP contribution in [0.3, 0.4) is 0 Å². The maximum Gasteiger partial charge on any atom is 0.257 e. The molecule has 1 aromatic heterocycles. The molecule has 1 heterocycles. The number of imidazole rings is 1. The van der Waals surface area contributed by atoms with Crippen molar-refractivity contribution < 1.29 is 9.53 Å². The number of aromatic nitrogens is 2. The molecule has 3 rings (SSSR count). The highest BCUT2D eigenvalue weighted by Crippen LogP contribution is 2.18. The van der Waals surface area contributed by atoms with Crippen LogP contribution in [0.2, 0.25) is 0 Å². The number of para-hydroxylation sites is 3. The van der Waals surface area contributed by atoms with Gasteiger partial charge in [-0.05, 0) is 43.5 Å². The van der Waals surface area contributed by atoms with Gasteiger partial charge in [-0.1, -0.05) is 50.1 Å². The number of carbonyl (C=O) groups excluding carboxylic acids is 1. The van der Waals surface area contributed by atoms with Gasteiger partial charge in [0.05, 0.1) is 11.0 Å². The molecule has 0 fully saturated rings. The molecule has 2 aromatic carbocycles. The number of hydrogen-bond donors (Lipinski definition) is 1. The van der Waals surface area contributed by atoms with Crippen molar-refractivity contribution in [2.75, 3.05) is 13.2 Å². The van der Waals surface area contributed by atoms with E-state index in [1.54, 1.807) is 0 Å². The Morgan fingerprint density at radius 1 is 1.00 bits per heavy atom. The number of carbonyl (C=O) groups is 1. The number of nitrogens with one attached hydrogen (secondary N) is 1. The van der Waals surface area contributed by atoms with Crippen LogP contribution in [0.1, 0.15) is 44.9 Å². The summed E-state index contributed by atoms with van der Waals surface area (Å²) < 4.78 is 7.83. The van der Waals surface area contributed by atoms with Gasteiger partial charge in [0.2, 0.25) is 0 Å². The van der Waals surface area contributed by atoms with Crippen LogP contribution in [0.4, 0.5) is 0 Å². The summed E-state index contributed by atoms with van der Waals surface area (Å²) in [6, 6.07) is 17.8. The first kappa shape index (κ1) is 20.9. The van der Waals surface area contributed by atoms with E-state index in [1.165, 1.54) is 24.2 Å². The fourth-order valence-electron chi connectivity index (χ4n) is 3.41. The van der Waals surface area contributed by atoms with E-state index >= 15 is 0 Å². The molecule has 0 saturated carbocycles. The van der Waals surface area contributed by atoms with Gasteiger partial charge in [0.15, 0.2) is 6.61 Å². The average molecular weight is 394 g/mol. The average Bonchev–Trinajstić information content (AvgIpc) is 3.11. The molecular formula is C24H31N3O2. The lowest BCUT2D eigenvalue weighted by atomic mass is 10.2. The minimum Gasteiger partial charge on any atom is -0.484 e. The van der Waals surface area contributed by atoms with Gasteiger partial charge in [-0.15, -0.1) is 0 Å². The molecule has 0 aliphatic rings. The summed E-state index contributed by atoms with van der Waals surface area (Å²) in [5, 5.41) is 2.93. The number of unbranched alkanes of at least 4 members (excludes halogenated alkanes) is 3. The van der Waals surface area contributed by atoms with E-state index in [0.29, 0.717) is 12.3 Å². The summed E-state index contributed by atoms with van der Waals surface area (Å²) in [7, 11) is 0. The molecule has 154 valence electrons. The van der Waals surface area contributed by atoms with Gasteiger partial charge in [0.1, 0.15) is 11.6 Å². The quantitative estimate of drug-likeness (QED) is 0.452. The highest BCUT2D eigenvalue weighted by molar-refractivity contribution is 5.77. The molecule has 5 heteroatoms. The second-order valence-electron chi connectivity index (χ2n) is 7.28. The molecule has 0 atom stereocenters. The van der Waals surface area contributed by atoms with Crippen molar-refractivity contribution in [2.45, 2.75) is 52.0 Å². The molecule has 1 N–H and O–H groups in total. The Labute approximate surface area is 173 Å². The Balaban J connectivity index is 1.36. The smallest absolute Gasteiger partial charge is 0.257 e. The van der Waals surface area contributed by atoms with E-state index in [-0.39, 0.29) is 12.5 Å². The minimum absolute atomic E-state index is 0.0610. The van der Waals surface area contributed by atoms with Crippen molar-refractivity contribution >= 4 is 16.9 Å². The number of nitrogens with zero attached hydrogens (tertiary/aromatic N) is 2. The Bertz CT molecular complexity index is 890. The highest BCUT2D eigenvalue weighted by atomic mass is 16.5. The first-order valence-corrected chi connectivity index (χ1v) is 10.7. The van der Waals surface area contributed by atoms with Gasteiger partial charge >= 0.3 is 0 Å². The summed E-state index contributed by atoms with van der Waals surface area (Å²) in [6.07, 6.45) is 6.43. The lowest BCUT2D eigenvalue weighted by molar-refractivity contribution is -0.123. The molecule has 0 spiro atoms. The van der Waals surface area contributed by atoms with E-state index in [4.69, 9.17) is 9.72 Å². The van der Waals surface area contributed by atoms with Crippen LogP contribution < -0.4 is 10.1 Å². The SMILES string of the molecule is CCCCn1c(CCCCCNC(=O)COc2ccccc2)nc2ccccc21. The van der Waals surface area contributed by atoms with Gasteiger partial charge in [0, 0.05) is 19.5 Å². The Morgan fingerprint density at radius 2 is 1.79 bits per heavy atom. The minimum atomic E-state index is -0.0739. The maximum atomic E-state index is 11.9. The van der Waals surface area contributed by atoms with Crippen molar-refractivity contribution in [1.82, 2.24) is 14.9 Å². The lowest BCUT2D eigenvalue weighted by Crippen LogP contribution is -2.29. The number of fused-ring (bicyclic) bond motifs is 1. The summed E-state index contributed by atoms with van der Waals surface area (Å²) in [5.74, 6) is 1.82. The second-order valence-corrected chi connectivity index (χ2v) is 7.28. The molecular weight excluding hydrogens is 362 g/mol. The van der Waals surface area contributed by atoms with Gasteiger partial charge in [-0.25, -0.2) is 4.98 Å². The molecule has 0 aliphatic carbocycles.